The fourth-order valence-electron chi connectivity index (χ4n) is 11.6. The maximum absolute atomic E-state index is 13.4. The van der Waals surface area contributed by atoms with Gasteiger partial charge in [0.15, 0.2) is 23.1 Å². The van der Waals surface area contributed by atoms with Crippen LogP contribution in [0.15, 0.2) is 11.6 Å². The summed E-state index contributed by atoms with van der Waals surface area (Å²) in [6.45, 7) is 24.0. The molecule has 0 radical (unpaired) electrons. The summed E-state index contributed by atoms with van der Waals surface area (Å²) in [7, 11) is 1.71. The third-order valence-electron chi connectivity index (χ3n) is 15.8. The van der Waals surface area contributed by atoms with Crippen LogP contribution in [0.1, 0.15) is 134 Å². The smallest absolute Gasteiger partial charge is 0.306 e. The van der Waals surface area contributed by atoms with Gasteiger partial charge in [0.2, 0.25) is 0 Å². The van der Waals surface area contributed by atoms with Gasteiger partial charge < -0.3 is 53.2 Å². The number of methoxy groups -OCH3 is 1. The van der Waals surface area contributed by atoms with Crippen LogP contribution in [0.25, 0.3) is 0 Å². The Morgan fingerprint density at radius 1 is 0.883 bits per heavy atom. The predicted molar refractivity (Wildman–Crippen MR) is 223 cm³/mol. The van der Waals surface area contributed by atoms with E-state index >= 15 is 0 Å². The Hall–Kier alpha value is -1.52. The predicted octanol–water partition coefficient (Wildman–Crippen LogP) is 6.83. The molecule has 13 nitrogen and oxygen atoms in total. The Kier molecular flexibility index (Phi) is 14.5. The maximum atomic E-state index is 13.4. The molecule has 13 heteroatoms. The molecular formula is C47H78O13. The van der Waals surface area contributed by atoms with Crippen LogP contribution in [-0.4, -0.2) is 119 Å². The molecule has 6 fully saturated rings. The molecular weight excluding hydrogens is 773 g/mol. The summed E-state index contributed by atoms with van der Waals surface area (Å²) in [4.78, 5) is 24.8. The number of carbonyl (C=O) groups excluding carboxylic acids is 1. The van der Waals surface area contributed by atoms with Crippen LogP contribution in [0.4, 0.5) is 0 Å². The van der Waals surface area contributed by atoms with E-state index in [0.717, 1.165) is 6.42 Å². The second-order valence-corrected chi connectivity index (χ2v) is 20.7. The Labute approximate surface area is 358 Å². The van der Waals surface area contributed by atoms with Crippen molar-refractivity contribution in [2.75, 3.05) is 13.7 Å². The first-order chi connectivity index (χ1) is 27.9. The molecule has 0 aliphatic carbocycles. The lowest BCUT2D eigenvalue weighted by atomic mass is 9.76. The van der Waals surface area contributed by atoms with Crippen molar-refractivity contribution in [2.24, 2.45) is 47.3 Å². The molecule has 60 heavy (non-hydrogen) atoms. The molecule has 0 amide bonds. The van der Waals surface area contributed by atoms with Gasteiger partial charge in [-0.05, 0) is 64.9 Å². The van der Waals surface area contributed by atoms with Gasteiger partial charge in [0.05, 0.1) is 73.1 Å². The molecule has 21 atom stereocenters. The second kappa shape index (κ2) is 18.2. The Morgan fingerprint density at radius 2 is 1.58 bits per heavy atom. The van der Waals surface area contributed by atoms with Crippen molar-refractivity contribution in [1.82, 2.24) is 0 Å². The zero-order valence-electron chi connectivity index (χ0n) is 38.7. The Bertz CT molecular complexity index is 1550. The quantitative estimate of drug-likeness (QED) is 0.175. The van der Waals surface area contributed by atoms with Gasteiger partial charge in [0, 0.05) is 68.3 Å². The van der Waals surface area contributed by atoms with Gasteiger partial charge >= 0.3 is 5.97 Å². The number of ether oxygens (including phenoxy) is 8. The molecule has 0 aromatic carbocycles. The van der Waals surface area contributed by atoms with E-state index in [1.165, 1.54) is 0 Å². The number of aliphatic hydroxyl groups is 2. The number of carbonyl (C=O) groups is 2. The number of hydrogen-bond donors (Lipinski definition) is 3. The monoisotopic (exact) mass is 851 g/mol. The van der Waals surface area contributed by atoms with E-state index in [1.54, 1.807) is 34.8 Å². The molecule has 6 heterocycles. The fourth-order valence-corrected chi connectivity index (χ4v) is 11.6. The first kappa shape index (κ1) is 47.9. The zero-order chi connectivity index (χ0) is 44.3. The first-order valence-corrected chi connectivity index (χ1v) is 23.0. The van der Waals surface area contributed by atoms with Crippen molar-refractivity contribution < 1.29 is 62.8 Å². The van der Waals surface area contributed by atoms with Gasteiger partial charge in [-0.2, -0.15) is 0 Å². The molecule has 3 N–H and O–H groups in total. The van der Waals surface area contributed by atoms with Gasteiger partial charge in [-0.25, -0.2) is 0 Å². The standard InChI is InChI=1S/C47H78O13/c1-24(40(49)25(2)17-28(5)43(50)51)16-26(3)41-31(8)35(48)22-46(59-41)15-14-44(11,60-46)39-21-36(55-34-20-37(53-13)33(10)54-23-34)32(9)47(57-39)30(7)19-38(56-47)42-27(4)18-29(6)45(12,52)58-42/h16,25-39,41-42,48,52H,14-15,17-23H2,1-13H3,(H,50,51)/b24-16+/t25-,26+,27+,28+,29-,30+,31-,32-,33-,34-,35+,36+,37+,38-,39-,41-,42+,44+,45+,46-,47+/m1/s1. The number of carboxylic acid groups (broad SMARTS) is 1. The van der Waals surface area contributed by atoms with Crippen LogP contribution in [0.3, 0.4) is 0 Å². The fraction of sp³-hybridized carbons (Fsp3) is 0.915. The van der Waals surface area contributed by atoms with Crippen molar-refractivity contribution in [3.05, 3.63) is 11.6 Å². The Morgan fingerprint density at radius 3 is 2.25 bits per heavy atom. The molecule has 2 spiro atoms. The minimum atomic E-state index is -1.26. The Balaban J connectivity index is 1.24. The number of Topliss-reactive ketones (excluding diaryl/α,β-unsaturated/α-hetero) is 1. The summed E-state index contributed by atoms with van der Waals surface area (Å²) in [5.74, 6) is -5.96. The molecule has 344 valence electrons. The number of ketones is 1. The highest BCUT2D eigenvalue weighted by Gasteiger charge is 2.65. The third-order valence-corrected chi connectivity index (χ3v) is 15.8. The second-order valence-electron chi connectivity index (χ2n) is 20.7. The van der Waals surface area contributed by atoms with E-state index in [0.29, 0.717) is 50.7 Å². The number of hydrogen-bond acceptors (Lipinski definition) is 12. The minimum Gasteiger partial charge on any atom is -0.481 e. The molecule has 0 saturated carbocycles. The normalized spacial score (nSPS) is 49.2. The number of carboxylic acids is 1. The van der Waals surface area contributed by atoms with E-state index in [2.05, 4.69) is 27.7 Å². The molecule has 0 aromatic heterocycles. The largest absolute Gasteiger partial charge is 0.481 e. The van der Waals surface area contributed by atoms with E-state index < -0.39 is 59.1 Å². The highest BCUT2D eigenvalue weighted by atomic mass is 16.8. The van der Waals surface area contributed by atoms with Crippen molar-refractivity contribution in [2.45, 2.75) is 212 Å². The van der Waals surface area contributed by atoms with Crippen LogP contribution in [0.5, 0.6) is 0 Å². The van der Waals surface area contributed by atoms with E-state index in [9.17, 15) is 24.9 Å². The number of aliphatic carboxylic acids is 1. The molecule has 6 saturated heterocycles. The van der Waals surface area contributed by atoms with E-state index in [-0.39, 0.29) is 84.3 Å². The number of aliphatic hydroxyl groups excluding tert-OH is 1. The zero-order valence-corrected chi connectivity index (χ0v) is 38.7. The summed E-state index contributed by atoms with van der Waals surface area (Å²) in [6, 6.07) is 0. The first-order valence-electron chi connectivity index (χ1n) is 23.0. The SMILES string of the molecule is CO[C@H]1C[C@@H](O[C@H]2C[C@H]([C@]3(C)CC[C@]4(C[C@H](O)[C@@H](C)[C@@H]([C@@H](C)/C=C(\C)C(=O)[C@H](C)C[C@H](C)C(=O)O)O4)O3)O[C@]3(O[C@@H]([C@H]4O[C@](C)(O)[C@H](C)C[C@@H]4C)C[C@@H]3C)[C@@H]2C)CO[C@@H]1C. The molecule has 6 aliphatic heterocycles. The van der Waals surface area contributed by atoms with Crippen LogP contribution < -0.4 is 0 Å². The maximum Gasteiger partial charge on any atom is 0.306 e. The molecule has 0 aromatic rings. The summed E-state index contributed by atoms with van der Waals surface area (Å²) < 4.78 is 54.1. The van der Waals surface area contributed by atoms with E-state index in [4.69, 9.17) is 37.9 Å². The topological polar surface area (TPSA) is 169 Å². The third kappa shape index (κ3) is 9.47. The molecule has 6 aliphatic rings. The number of allylic oxidation sites excluding steroid dienone is 1. The van der Waals surface area contributed by atoms with Gasteiger partial charge in [-0.3, -0.25) is 9.59 Å². The van der Waals surface area contributed by atoms with Crippen molar-refractivity contribution in [3.63, 3.8) is 0 Å². The van der Waals surface area contributed by atoms with Gasteiger partial charge in [0.1, 0.15) is 0 Å². The summed E-state index contributed by atoms with van der Waals surface area (Å²) >= 11 is 0. The van der Waals surface area contributed by atoms with Crippen LogP contribution in [0, 0.1) is 47.3 Å². The minimum absolute atomic E-state index is 0.0107. The lowest BCUT2D eigenvalue weighted by Gasteiger charge is -2.54. The summed E-state index contributed by atoms with van der Waals surface area (Å²) in [5.41, 5.74) is -0.275. The van der Waals surface area contributed by atoms with Gasteiger partial charge in [0.25, 0.3) is 0 Å². The van der Waals surface area contributed by atoms with Crippen LogP contribution in [-0.2, 0) is 47.5 Å². The highest BCUT2D eigenvalue weighted by molar-refractivity contribution is 5.96. The van der Waals surface area contributed by atoms with Crippen LogP contribution >= 0.6 is 0 Å². The summed E-state index contributed by atoms with van der Waals surface area (Å²) in [5, 5.41) is 32.2. The lowest BCUT2D eigenvalue weighted by Crippen LogP contribution is -2.63. The molecule has 0 unspecified atom stereocenters. The molecule has 0 bridgehead atoms. The average molecular weight is 851 g/mol. The van der Waals surface area contributed by atoms with E-state index in [1.807, 2.05) is 33.8 Å². The van der Waals surface area contributed by atoms with Gasteiger partial charge in [-0.15, -0.1) is 0 Å². The van der Waals surface area contributed by atoms with Crippen molar-refractivity contribution in [1.29, 1.82) is 0 Å². The average Bonchev–Trinajstić information content (AvgIpc) is 3.69. The number of rotatable bonds is 12. The van der Waals surface area contributed by atoms with Crippen molar-refractivity contribution in [3.8, 4) is 0 Å². The summed E-state index contributed by atoms with van der Waals surface area (Å²) in [6.07, 6.45) is 3.58. The molecule has 6 rings (SSSR count). The van der Waals surface area contributed by atoms with Crippen molar-refractivity contribution >= 4 is 11.8 Å². The van der Waals surface area contributed by atoms with Crippen LogP contribution in [0.2, 0.25) is 0 Å². The lowest BCUT2D eigenvalue weighted by molar-refractivity contribution is -0.384. The highest BCUT2D eigenvalue weighted by Crippen LogP contribution is 2.56. The van der Waals surface area contributed by atoms with Gasteiger partial charge in [-0.1, -0.05) is 61.5 Å².